The molecular formula is C15H20O4S. The van der Waals surface area contributed by atoms with Gasteiger partial charge in [-0.05, 0) is 24.8 Å². The monoisotopic (exact) mass is 296 g/mol. The molecule has 0 aliphatic carbocycles. The number of ether oxygens (including phenoxy) is 2. The summed E-state index contributed by atoms with van der Waals surface area (Å²) in [4.78, 5) is 23.9. The molecule has 0 unspecified atom stereocenters. The van der Waals surface area contributed by atoms with Gasteiger partial charge in [0.25, 0.3) is 0 Å². The number of rotatable bonds is 8. The van der Waals surface area contributed by atoms with Crippen molar-refractivity contribution in [3.8, 4) is 5.75 Å². The Labute approximate surface area is 123 Å². The fourth-order valence-electron chi connectivity index (χ4n) is 1.48. The second kappa shape index (κ2) is 9.42. The maximum Gasteiger partial charge on any atom is 0.311 e. The van der Waals surface area contributed by atoms with Crippen molar-refractivity contribution >= 4 is 23.7 Å². The molecule has 20 heavy (non-hydrogen) atoms. The van der Waals surface area contributed by atoms with E-state index in [1.54, 1.807) is 12.1 Å². The molecule has 1 aromatic rings. The third kappa shape index (κ3) is 6.10. The Kier molecular flexibility index (Phi) is 7.80. The first-order valence-corrected chi connectivity index (χ1v) is 7.89. The van der Waals surface area contributed by atoms with E-state index in [2.05, 4.69) is 0 Å². The molecule has 0 radical (unpaired) electrons. The summed E-state index contributed by atoms with van der Waals surface area (Å²) >= 11 is 1.51. The highest BCUT2D eigenvalue weighted by Gasteiger charge is 2.11. The summed E-state index contributed by atoms with van der Waals surface area (Å²) in [6.45, 7) is 2.44. The predicted molar refractivity (Wildman–Crippen MR) is 79.0 cm³/mol. The van der Waals surface area contributed by atoms with Crippen molar-refractivity contribution in [2.24, 2.45) is 0 Å². The van der Waals surface area contributed by atoms with E-state index in [0.717, 1.165) is 17.7 Å². The number of hydrogen-bond acceptors (Lipinski definition) is 5. The number of para-hydroxylation sites is 1. The molecule has 0 amide bonds. The zero-order valence-corrected chi connectivity index (χ0v) is 12.7. The standard InChI is InChI=1S/C15H20O4S/c1-3-4-11-18-14(16)9-10-15(17)19-12-7-5-6-8-13(12)20-2/h5-8H,3-4,9-11H2,1-2H3. The zero-order valence-electron chi connectivity index (χ0n) is 11.9. The van der Waals surface area contributed by atoms with Gasteiger partial charge in [0.15, 0.2) is 0 Å². The molecule has 110 valence electrons. The van der Waals surface area contributed by atoms with E-state index in [9.17, 15) is 9.59 Å². The fourth-order valence-corrected chi connectivity index (χ4v) is 2.01. The van der Waals surface area contributed by atoms with E-state index in [4.69, 9.17) is 9.47 Å². The molecule has 1 rings (SSSR count). The highest BCUT2D eigenvalue weighted by Crippen LogP contribution is 2.27. The number of benzene rings is 1. The summed E-state index contributed by atoms with van der Waals surface area (Å²) in [6.07, 6.45) is 3.83. The lowest BCUT2D eigenvalue weighted by molar-refractivity contribution is -0.147. The minimum atomic E-state index is -0.418. The van der Waals surface area contributed by atoms with Crippen LogP contribution in [0.25, 0.3) is 0 Å². The first kappa shape index (κ1) is 16.6. The molecular weight excluding hydrogens is 276 g/mol. The number of carbonyl (C=O) groups is 2. The van der Waals surface area contributed by atoms with Crippen LogP contribution in [-0.4, -0.2) is 24.8 Å². The van der Waals surface area contributed by atoms with Crippen molar-refractivity contribution in [3.63, 3.8) is 0 Å². The van der Waals surface area contributed by atoms with Gasteiger partial charge in [-0.15, -0.1) is 11.8 Å². The summed E-state index contributed by atoms with van der Waals surface area (Å²) < 4.78 is 10.2. The van der Waals surface area contributed by atoms with Gasteiger partial charge in [0, 0.05) is 4.90 Å². The zero-order chi connectivity index (χ0) is 14.8. The first-order valence-electron chi connectivity index (χ1n) is 6.66. The van der Waals surface area contributed by atoms with Crippen LogP contribution in [0.5, 0.6) is 5.75 Å². The van der Waals surface area contributed by atoms with Crippen molar-refractivity contribution < 1.29 is 19.1 Å². The van der Waals surface area contributed by atoms with Crippen molar-refractivity contribution in [2.45, 2.75) is 37.5 Å². The summed E-state index contributed by atoms with van der Waals surface area (Å²) in [6, 6.07) is 7.31. The average Bonchev–Trinajstić information content (AvgIpc) is 2.46. The van der Waals surface area contributed by atoms with E-state index >= 15 is 0 Å². The SMILES string of the molecule is CCCCOC(=O)CCC(=O)Oc1ccccc1SC. The van der Waals surface area contributed by atoms with E-state index < -0.39 is 5.97 Å². The van der Waals surface area contributed by atoms with E-state index in [0.29, 0.717) is 12.4 Å². The Bertz CT molecular complexity index is 445. The Balaban J connectivity index is 2.35. The summed E-state index contributed by atoms with van der Waals surface area (Å²) in [5.41, 5.74) is 0. The van der Waals surface area contributed by atoms with Crippen LogP contribution in [0.3, 0.4) is 0 Å². The highest BCUT2D eigenvalue weighted by molar-refractivity contribution is 7.98. The topological polar surface area (TPSA) is 52.6 Å². The number of unbranched alkanes of at least 4 members (excludes halogenated alkanes) is 1. The van der Waals surface area contributed by atoms with Gasteiger partial charge >= 0.3 is 11.9 Å². The Hall–Kier alpha value is -1.49. The Morgan fingerprint density at radius 2 is 1.85 bits per heavy atom. The van der Waals surface area contributed by atoms with Gasteiger partial charge in [0.2, 0.25) is 0 Å². The summed E-state index contributed by atoms with van der Waals surface area (Å²) in [5.74, 6) is -0.239. The smallest absolute Gasteiger partial charge is 0.311 e. The second-order valence-corrected chi connectivity index (χ2v) is 5.05. The van der Waals surface area contributed by atoms with Crippen molar-refractivity contribution in [2.75, 3.05) is 12.9 Å². The van der Waals surface area contributed by atoms with E-state index in [-0.39, 0.29) is 18.8 Å². The molecule has 0 saturated heterocycles. The van der Waals surface area contributed by atoms with E-state index in [1.807, 2.05) is 25.3 Å². The first-order chi connectivity index (χ1) is 9.67. The van der Waals surface area contributed by atoms with Gasteiger partial charge in [-0.2, -0.15) is 0 Å². The van der Waals surface area contributed by atoms with Gasteiger partial charge in [-0.3, -0.25) is 9.59 Å². The van der Waals surface area contributed by atoms with Gasteiger partial charge in [-0.25, -0.2) is 0 Å². The Morgan fingerprint density at radius 1 is 1.15 bits per heavy atom. The number of esters is 2. The minimum Gasteiger partial charge on any atom is -0.466 e. The van der Waals surface area contributed by atoms with Crippen LogP contribution in [0.1, 0.15) is 32.6 Å². The largest absolute Gasteiger partial charge is 0.466 e. The molecule has 0 aromatic heterocycles. The van der Waals surface area contributed by atoms with Crippen LogP contribution in [0.2, 0.25) is 0 Å². The number of carbonyl (C=O) groups excluding carboxylic acids is 2. The molecule has 4 nitrogen and oxygen atoms in total. The fraction of sp³-hybridized carbons (Fsp3) is 0.467. The summed E-state index contributed by atoms with van der Waals surface area (Å²) in [5, 5.41) is 0. The molecule has 0 aliphatic rings. The molecule has 0 heterocycles. The molecule has 0 bridgehead atoms. The lowest BCUT2D eigenvalue weighted by Gasteiger charge is -2.08. The molecule has 0 N–H and O–H groups in total. The molecule has 0 fully saturated rings. The third-order valence-electron chi connectivity index (χ3n) is 2.59. The van der Waals surface area contributed by atoms with Crippen LogP contribution in [-0.2, 0) is 14.3 Å². The molecule has 1 aromatic carbocycles. The molecule has 0 spiro atoms. The van der Waals surface area contributed by atoms with Crippen LogP contribution in [0.4, 0.5) is 0 Å². The van der Waals surface area contributed by atoms with Crippen LogP contribution >= 0.6 is 11.8 Å². The average molecular weight is 296 g/mol. The van der Waals surface area contributed by atoms with Gasteiger partial charge in [0.05, 0.1) is 19.4 Å². The third-order valence-corrected chi connectivity index (χ3v) is 3.36. The van der Waals surface area contributed by atoms with Crippen LogP contribution in [0.15, 0.2) is 29.2 Å². The van der Waals surface area contributed by atoms with Crippen molar-refractivity contribution in [1.29, 1.82) is 0 Å². The Morgan fingerprint density at radius 3 is 2.55 bits per heavy atom. The lowest BCUT2D eigenvalue weighted by atomic mass is 10.3. The van der Waals surface area contributed by atoms with E-state index in [1.165, 1.54) is 11.8 Å². The van der Waals surface area contributed by atoms with Crippen LogP contribution in [0, 0.1) is 0 Å². The lowest BCUT2D eigenvalue weighted by Crippen LogP contribution is -2.13. The van der Waals surface area contributed by atoms with Gasteiger partial charge in [0.1, 0.15) is 5.75 Å². The predicted octanol–water partition coefficient (Wildman–Crippen LogP) is 3.44. The highest BCUT2D eigenvalue weighted by atomic mass is 32.2. The quantitative estimate of drug-likeness (QED) is 0.318. The minimum absolute atomic E-state index is 0.0354. The van der Waals surface area contributed by atoms with Gasteiger partial charge in [-0.1, -0.05) is 25.5 Å². The van der Waals surface area contributed by atoms with Crippen LogP contribution < -0.4 is 4.74 Å². The maximum atomic E-state index is 11.7. The van der Waals surface area contributed by atoms with Crippen molar-refractivity contribution in [1.82, 2.24) is 0 Å². The molecule has 0 saturated carbocycles. The molecule has 0 aliphatic heterocycles. The van der Waals surface area contributed by atoms with Crippen molar-refractivity contribution in [3.05, 3.63) is 24.3 Å². The maximum absolute atomic E-state index is 11.7. The normalized spacial score (nSPS) is 10.1. The molecule has 5 heteroatoms. The molecule has 0 atom stereocenters. The summed E-state index contributed by atoms with van der Waals surface area (Å²) in [7, 11) is 0. The number of thioether (sulfide) groups is 1. The van der Waals surface area contributed by atoms with Gasteiger partial charge < -0.3 is 9.47 Å². The second-order valence-electron chi connectivity index (χ2n) is 4.20. The number of hydrogen-bond donors (Lipinski definition) is 0.